The molecule has 0 radical (unpaired) electrons. The van der Waals surface area contributed by atoms with Crippen molar-refractivity contribution in [2.24, 2.45) is 0 Å². The quantitative estimate of drug-likeness (QED) is 0.212. The zero-order valence-electron chi connectivity index (χ0n) is 19.9. The van der Waals surface area contributed by atoms with E-state index in [0.29, 0.717) is 18.2 Å². The number of carbonyl (C=O) groups is 1. The molecule has 0 spiro atoms. The SMILES string of the molecule is CCCCCOCCCCOc1cnc(-c2ccc(CCCCC/C=C/C(=O)O)cc2)nc1. The van der Waals surface area contributed by atoms with Gasteiger partial charge >= 0.3 is 5.97 Å². The van der Waals surface area contributed by atoms with E-state index in [2.05, 4.69) is 41.2 Å². The van der Waals surface area contributed by atoms with E-state index in [1.807, 2.05) is 0 Å². The number of carboxylic acids is 1. The predicted octanol–water partition coefficient (Wildman–Crippen LogP) is 6.25. The lowest BCUT2D eigenvalue weighted by molar-refractivity contribution is -0.131. The minimum absolute atomic E-state index is 0.644. The largest absolute Gasteiger partial charge is 0.490 e. The van der Waals surface area contributed by atoms with Crippen LogP contribution >= 0.6 is 0 Å². The molecule has 1 heterocycles. The molecular weight excluding hydrogens is 416 g/mol. The summed E-state index contributed by atoms with van der Waals surface area (Å²) in [4.78, 5) is 19.3. The number of allylic oxidation sites excluding steroid dienone is 1. The normalized spacial score (nSPS) is 11.2. The maximum atomic E-state index is 10.4. The highest BCUT2D eigenvalue weighted by atomic mass is 16.5. The average molecular weight is 455 g/mol. The molecule has 180 valence electrons. The summed E-state index contributed by atoms with van der Waals surface area (Å²) in [5.74, 6) is 0.507. The van der Waals surface area contributed by atoms with Gasteiger partial charge in [-0.2, -0.15) is 0 Å². The minimum atomic E-state index is -0.879. The zero-order valence-corrected chi connectivity index (χ0v) is 19.9. The highest BCUT2D eigenvalue weighted by Gasteiger charge is 2.03. The molecule has 6 nitrogen and oxygen atoms in total. The van der Waals surface area contributed by atoms with Crippen molar-refractivity contribution >= 4 is 5.97 Å². The van der Waals surface area contributed by atoms with Crippen LogP contribution in [-0.4, -0.2) is 40.9 Å². The molecule has 2 rings (SSSR count). The molecule has 0 unspecified atom stereocenters. The molecular formula is C27H38N2O4. The summed E-state index contributed by atoms with van der Waals surface area (Å²) in [6.07, 6.45) is 17.0. The third kappa shape index (κ3) is 12.2. The average Bonchev–Trinajstić information content (AvgIpc) is 2.83. The molecule has 0 aliphatic rings. The third-order valence-corrected chi connectivity index (χ3v) is 5.28. The summed E-state index contributed by atoms with van der Waals surface area (Å²) >= 11 is 0. The van der Waals surface area contributed by atoms with Gasteiger partial charge in [-0.15, -0.1) is 0 Å². The molecule has 0 aliphatic carbocycles. The second-order valence-electron chi connectivity index (χ2n) is 8.15. The summed E-state index contributed by atoms with van der Waals surface area (Å²) in [6.45, 7) is 4.50. The predicted molar refractivity (Wildman–Crippen MR) is 131 cm³/mol. The third-order valence-electron chi connectivity index (χ3n) is 5.28. The van der Waals surface area contributed by atoms with Crippen LogP contribution in [0.15, 0.2) is 48.8 Å². The van der Waals surface area contributed by atoms with E-state index < -0.39 is 5.97 Å². The number of hydrogen-bond donors (Lipinski definition) is 1. The number of aromatic nitrogens is 2. The van der Waals surface area contributed by atoms with E-state index in [1.54, 1.807) is 18.5 Å². The van der Waals surface area contributed by atoms with E-state index in [4.69, 9.17) is 14.6 Å². The Bertz CT molecular complexity index is 804. The van der Waals surface area contributed by atoms with E-state index in [1.165, 1.54) is 24.5 Å². The Morgan fingerprint density at radius 2 is 1.61 bits per heavy atom. The van der Waals surface area contributed by atoms with Crippen LogP contribution in [0.2, 0.25) is 0 Å². The molecule has 0 saturated heterocycles. The Morgan fingerprint density at radius 1 is 0.909 bits per heavy atom. The lowest BCUT2D eigenvalue weighted by Crippen LogP contribution is -2.02. The molecule has 2 aromatic rings. The van der Waals surface area contributed by atoms with Crippen molar-refractivity contribution in [1.29, 1.82) is 0 Å². The molecule has 0 bridgehead atoms. The van der Waals surface area contributed by atoms with Crippen LogP contribution < -0.4 is 4.74 Å². The van der Waals surface area contributed by atoms with Crippen LogP contribution in [0.4, 0.5) is 0 Å². The first-order chi connectivity index (χ1) is 16.2. The fourth-order valence-corrected chi connectivity index (χ4v) is 3.36. The molecule has 1 aromatic heterocycles. The number of hydrogen-bond acceptors (Lipinski definition) is 5. The number of unbranched alkanes of at least 4 members (excludes halogenated alkanes) is 6. The van der Waals surface area contributed by atoms with Gasteiger partial charge in [-0.1, -0.05) is 56.5 Å². The van der Waals surface area contributed by atoms with Crippen molar-refractivity contribution in [2.75, 3.05) is 19.8 Å². The first-order valence-electron chi connectivity index (χ1n) is 12.2. The van der Waals surface area contributed by atoms with Gasteiger partial charge in [-0.3, -0.25) is 0 Å². The van der Waals surface area contributed by atoms with Crippen LogP contribution in [0.3, 0.4) is 0 Å². The van der Waals surface area contributed by atoms with Crippen molar-refractivity contribution in [3.05, 3.63) is 54.4 Å². The van der Waals surface area contributed by atoms with Gasteiger partial charge in [0.25, 0.3) is 0 Å². The number of ether oxygens (including phenoxy) is 2. The lowest BCUT2D eigenvalue weighted by atomic mass is 10.0. The van der Waals surface area contributed by atoms with E-state index >= 15 is 0 Å². The monoisotopic (exact) mass is 454 g/mol. The van der Waals surface area contributed by atoms with Crippen LogP contribution in [0, 0.1) is 0 Å². The zero-order chi connectivity index (χ0) is 23.6. The fraction of sp³-hybridized carbons (Fsp3) is 0.519. The van der Waals surface area contributed by atoms with Crippen molar-refractivity contribution in [3.63, 3.8) is 0 Å². The summed E-state index contributed by atoms with van der Waals surface area (Å²) in [5.41, 5.74) is 2.28. The molecule has 1 N–H and O–H groups in total. The second kappa shape index (κ2) is 16.8. The highest BCUT2D eigenvalue weighted by molar-refractivity contribution is 5.79. The lowest BCUT2D eigenvalue weighted by Gasteiger charge is -2.07. The summed E-state index contributed by atoms with van der Waals surface area (Å²) in [5, 5.41) is 8.56. The second-order valence-corrected chi connectivity index (χ2v) is 8.15. The Balaban J connectivity index is 1.62. The molecule has 1 aromatic carbocycles. The summed E-state index contributed by atoms with van der Waals surface area (Å²) < 4.78 is 11.3. The van der Waals surface area contributed by atoms with Gasteiger partial charge < -0.3 is 14.6 Å². The van der Waals surface area contributed by atoms with Crippen LogP contribution in [-0.2, 0) is 16.0 Å². The first-order valence-corrected chi connectivity index (χ1v) is 12.2. The van der Waals surface area contributed by atoms with Crippen molar-refractivity contribution in [1.82, 2.24) is 9.97 Å². The van der Waals surface area contributed by atoms with Gasteiger partial charge in [0.15, 0.2) is 11.6 Å². The van der Waals surface area contributed by atoms with Crippen LogP contribution in [0.25, 0.3) is 11.4 Å². The standard InChI is InChI=1S/C27H38N2O4/c1-2-3-9-18-32-19-10-11-20-33-25-21-28-27(29-22-25)24-16-14-23(15-17-24)12-7-5-4-6-8-13-26(30)31/h8,13-17,21-22H,2-7,9-12,18-20H2,1H3,(H,30,31)/b13-8+. The Kier molecular flexibility index (Phi) is 13.5. The number of benzene rings is 1. The molecule has 6 heteroatoms. The maximum Gasteiger partial charge on any atom is 0.327 e. The molecule has 33 heavy (non-hydrogen) atoms. The van der Waals surface area contributed by atoms with E-state index in [0.717, 1.165) is 70.1 Å². The highest BCUT2D eigenvalue weighted by Crippen LogP contribution is 2.18. The topological polar surface area (TPSA) is 81.5 Å². The molecule has 0 atom stereocenters. The minimum Gasteiger partial charge on any atom is -0.490 e. The van der Waals surface area contributed by atoms with Gasteiger partial charge in [0, 0.05) is 24.9 Å². The van der Waals surface area contributed by atoms with Gasteiger partial charge in [0.2, 0.25) is 0 Å². The van der Waals surface area contributed by atoms with Gasteiger partial charge in [-0.25, -0.2) is 14.8 Å². The molecule has 0 saturated carbocycles. The van der Waals surface area contributed by atoms with Crippen molar-refractivity contribution in [2.45, 2.75) is 71.1 Å². The number of aryl methyl sites for hydroxylation is 1. The molecule has 0 fully saturated rings. The number of nitrogens with zero attached hydrogens (tertiary/aromatic N) is 2. The van der Waals surface area contributed by atoms with Crippen LogP contribution in [0.1, 0.15) is 70.3 Å². The first kappa shape index (κ1) is 26.5. The maximum absolute atomic E-state index is 10.4. The Labute approximate surface area is 198 Å². The van der Waals surface area contributed by atoms with Crippen LogP contribution in [0.5, 0.6) is 5.75 Å². The summed E-state index contributed by atoms with van der Waals surface area (Å²) in [7, 11) is 0. The van der Waals surface area contributed by atoms with E-state index in [-0.39, 0.29) is 0 Å². The smallest absolute Gasteiger partial charge is 0.327 e. The number of carboxylic acid groups (broad SMARTS) is 1. The number of rotatable bonds is 18. The molecule has 0 aliphatic heterocycles. The van der Waals surface area contributed by atoms with Crippen molar-refractivity contribution < 1.29 is 19.4 Å². The van der Waals surface area contributed by atoms with Gasteiger partial charge in [-0.05, 0) is 50.5 Å². The van der Waals surface area contributed by atoms with Gasteiger partial charge in [0.1, 0.15) is 0 Å². The number of aliphatic carboxylic acids is 1. The van der Waals surface area contributed by atoms with E-state index in [9.17, 15) is 4.79 Å². The molecule has 0 amide bonds. The summed E-state index contributed by atoms with van der Waals surface area (Å²) in [6, 6.07) is 8.36. The Hall–Kier alpha value is -2.73. The van der Waals surface area contributed by atoms with Crippen molar-refractivity contribution in [3.8, 4) is 17.1 Å². The van der Waals surface area contributed by atoms with Gasteiger partial charge in [0.05, 0.1) is 19.0 Å². The fourth-order valence-electron chi connectivity index (χ4n) is 3.36. The Morgan fingerprint density at radius 3 is 2.30 bits per heavy atom.